The Labute approximate surface area is 109 Å². The predicted octanol–water partition coefficient (Wildman–Crippen LogP) is 0.585. The molecule has 1 atom stereocenters. The molecule has 0 saturated carbocycles. The van der Waals surface area contributed by atoms with Crippen molar-refractivity contribution in [3.05, 3.63) is 34.9 Å². The Morgan fingerprint density at radius 2 is 1.89 bits per heavy atom. The zero-order valence-electron chi connectivity index (χ0n) is 9.39. The standard InChI is InChI=1S/C11H13ClN2O4/c12-8-3-1-7(2-4-8)5-13-11(18)14-9(6-15)10(16)17/h1-4,9,15H,5-6H2,(H,16,17)(H2,13,14,18). The minimum absolute atomic E-state index is 0.237. The van der Waals surface area contributed by atoms with E-state index in [1.54, 1.807) is 24.3 Å². The highest BCUT2D eigenvalue weighted by Gasteiger charge is 2.18. The summed E-state index contributed by atoms with van der Waals surface area (Å²) in [5.74, 6) is -1.29. The number of carbonyl (C=O) groups excluding carboxylic acids is 1. The van der Waals surface area contributed by atoms with Crippen molar-refractivity contribution in [1.82, 2.24) is 10.6 Å². The van der Waals surface area contributed by atoms with Gasteiger partial charge < -0.3 is 20.8 Å². The molecule has 0 aliphatic carbocycles. The summed E-state index contributed by atoms with van der Waals surface area (Å²) >= 11 is 5.70. The van der Waals surface area contributed by atoms with E-state index in [0.29, 0.717) is 5.02 Å². The molecule has 1 rings (SSSR count). The maximum Gasteiger partial charge on any atom is 0.328 e. The summed E-state index contributed by atoms with van der Waals surface area (Å²) in [5, 5.41) is 22.5. The molecule has 0 aromatic heterocycles. The van der Waals surface area contributed by atoms with Crippen LogP contribution in [0.25, 0.3) is 0 Å². The number of urea groups is 1. The van der Waals surface area contributed by atoms with Crippen molar-refractivity contribution in [2.24, 2.45) is 0 Å². The van der Waals surface area contributed by atoms with Crippen LogP contribution in [0.3, 0.4) is 0 Å². The van der Waals surface area contributed by atoms with Gasteiger partial charge in [-0.15, -0.1) is 0 Å². The summed E-state index contributed by atoms with van der Waals surface area (Å²) in [6.45, 7) is -0.426. The number of carboxylic acids is 1. The molecule has 0 aliphatic rings. The van der Waals surface area contributed by atoms with Crippen LogP contribution in [0.4, 0.5) is 4.79 Å². The van der Waals surface area contributed by atoms with Gasteiger partial charge in [-0.3, -0.25) is 0 Å². The van der Waals surface area contributed by atoms with Crippen LogP contribution >= 0.6 is 11.6 Å². The SMILES string of the molecule is O=C(NCc1ccc(Cl)cc1)NC(CO)C(=O)O. The second-order valence-corrected chi connectivity index (χ2v) is 3.96. The Balaban J connectivity index is 2.41. The average Bonchev–Trinajstić information content (AvgIpc) is 2.35. The Morgan fingerprint density at radius 3 is 2.39 bits per heavy atom. The molecule has 18 heavy (non-hydrogen) atoms. The van der Waals surface area contributed by atoms with Crippen LogP contribution in [-0.2, 0) is 11.3 Å². The summed E-state index contributed by atoms with van der Waals surface area (Å²) < 4.78 is 0. The van der Waals surface area contributed by atoms with E-state index in [2.05, 4.69) is 10.6 Å². The largest absolute Gasteiger partial charge is 0.480 e. The lowest BCUT2D eigenvalue weighted by atomic mass is 10.2. The number of nitrogens with one attached hydrogen (secondary N) is 2. The third kappa shape index (κ3) is 4.60. The fourth-order valence-electron chi connectivity index (χ4n) is 1.18. The van der Waals surface area contributed by atoms with Crippen molar-refractivity contribution in [1.29, 1.82) is 0 Å². The number of hydrogen-bond acceptors (Lipinski definition) is 3. The van der Waals surface area contributed by atoms with Crippen molar-refractivity contribution in [3.63, 3.8) is 0 Å². The molecule has 0 bridgehead atoms. The molecule has 0 aliphatic heterocycles. The highest BCUT2D eigenvalue weighted by molar-refractivity contribution is 6.30. The molecule has 0 saturated heterocycles. The van der Waals surface area contributed by atoms with E-state index in [0.717, 1.165) is 5.56 Å². The highest BCUT2D eigenvalue weighted by atomic mass is 35.5. The first-order chi connectivity index (χ1) is 8.52. The molecule has 4 N–H and O–H groups in total. The molecule has 2 amide bonds. The first-order valence-electron chi connectivity index (χ1n) is 5.15. The zero-order valence-corrected chi connectivity index (χ0v) is 10.1. The van der Waals surface area contributed by atoms with Crippen LogP contribution in [0, 0.1) is 0 Å². The van der Waals surface area contributed by atoms with Crippen molar-refractivity contribution in [2.45, 2.75) is 12.6 Å². The van der Waals surface area contributed by atoms with Crippen molar-refractivity contribution < 1.29 is 19.8 Å². The van der Waals surface area contributed by atoms with Crippen molar-refractivity contribution in [2.75, 3.05) is 6.61 Å². The number of rotatable bonds is 5. The van der Waals surface area contributed by atoms with Gasteiger partial charge in [0, 0.05) is 11.6 Å². The van der Waals surface area contributed by atoms with Gasteiger partial charge in [0.1, 0.15) is 0 Å². The molecule has 7 heteroatoms. The smallest absolute Gasteiger partial charge is 0.328 e. The number of benzene rings is 1. The van der Waals surface area contributed by atoms with E-state index < -0.39 is 24.6 Å². The van der Waals surface area contributed by atoms with Gasteiger partial charge in [-0.1, -0.05) is 23.7 Å². The number of carboxylic acid groups (broad SMARTS) is 1. The molecule has 0 fully saturated rings. The van der Waals surface area contributed by atoms with E-state index in [1.807, 2.05) is 0 Å². The van der Waals surface area contributed by atoms with Crippen LogP contribution in [0.1, 0.15) is 5.56 Å². The third-order valence-corrected chi connectivity index (χ3v) is 2.40. The van der Waals surface area contributed by atoms with Gasteiger partial charge in [0.25, 0.3) is 0 Å². The molecule has 98 valence electrons. The molecule has 0 heterocycles. The van der Waals surface area contributed by atoms with Crippen molar-refractivity contribution >= 4 is 23.6 Å². The predicted molar refractivity (Wildman–Crippen MR) is 65.3 cm³/mol. The van der Waals surface area contributed by atoms with E-state index >= 15 is 0 Å². The van der Waals surface area contributed by atoms with Gasteiger partial charge in [-0.25, -0.2) is 9.59 Å². The number of aliphatic carboxylic acids is 1. The van der Waals surface area contributed by atoms with Gasteiger partial charge in [0.15, 0.2) is 6.04 Å². The zero-order chi connectivity index (χ0) is 13.5. The average molecular weight is 273 g/mol. The monoisotopic (exact) mass is 272 g/mol. The summed E-state index contributed by atoms with van der Waals surface area (Å²) in [5.41, 5.74) is 0.824. The number of carbonyl (C=O) groups is 2. The topological polar surface area (TPSA) is 98.7 Å². The first-order valence-corrected chi connectivity index (χ1v) is 5.53. The second-order valence-electron chi connectivity index (χ2n) is 3.53. The second kappa shape index (κ2) is 6.83. The molecule has 1 aromatic rings. The van der Waals surface area contributed by atoms with Gasteiger partial charge in [-0.05, 0) is 17.7 Å². The number of halogens is 1. The highest BCUT2D eigenvalue weighted by Crippen LogP contribution is 2.08. The van der Waals surface area contributed by atoms with Crippen LogP contribution < -0.4 is 10.6 Å². The van der Waals surface area contributed by atoms with Crippen LogP contribution in [0.2, 0.25) is 5.02 Å². The van der Waals surface area contributed by atoms with Crippen molar-refractivity contribution in [3.8, 4) is 0 Å². The Kier molecular flexibility index (Phi) is 5.41. The summed E-state index contributed by atoms with van der Waals surface area (Å²) in [7, 11) is 0. The van der Waals surface area contributed by atoms with E-state index in [-0.39, 0.29) is 6.54 Å². The van der Waals surface area contributed by atoms with Crippen LogP contribution in [-0.4, -0.2) is 34.9 Å². The number of aliphatic hydroxyl groups excluding tert-OH is 1. The van der Waals surface area contributed by atoms with E-state index in [4.69, 9.17) is 21.8 Å². The molecule has 0 spiro atoms. The van der Waals surface area contributed by atoms with Gasteiger partial charge in [-0.2, -0.15) is 0 Å². The summed E-state index contributed by atoms with van der Waals surface area (Å²) in [6, 6.07) is 4.88. The lowest BCUT2D eigenvalue weighted by Crippen LogP contribution is -2.47. The number of hydrogen-bond donors (Lipinski definition) is 4. The fraction of sp³-hybridized carbons (Fsp3) is 0.273. The normalized spacial score (nSPS) is 11.7. The van der Waals surface area contributed by atoms with Crippen LogP contribution in [0.15, 0.2) is 24.3 Å². The summed E-state index contributed by atoms with van der Waals surface area (Å²) in [6.07, 6.45) is 0. The molecule has 1 aromatic carbocycles. The molecule has 0 radical (unpaired) electrons. The van der Waals surface area contributed by atoms with Gasteiger partial charge in [0.05, 0.1) is 6.61 Å². The van der Waals surface area contributed by atoms with E-state index in [1.165, 1.54) is 0 Å². The van der Waals surface area contributed by atoms with Crippen LogP contribution in [0.5, 0.6) is 0 Å². The van der Waals surface area contributed by atoms with Gasteiger partial charge >= 0.3 is 12.0 Å². The Hall–Kier alpha value is -1.79. The Morgan fingerprint density at radius 1 is 1.28 bits per heavy atom. The molecular weight excluding hydrogens is 260 g/mol. The minimum Gasteiger partial charge on any atom is -0.480 e. The van der Waals surface area contributed by atoms with E-state index in [9.17, 15) is 9.59 Å². The quantitative estimate of drug-likeness (QED) is 0.630. The Bertz CT molecular complexity index is 422. The molecular formula is C11H13ClN2O4. The lowest BCUT2D eigenvalue weighted by Gasteiger charge is -2.12. The summed E-state index contributed by atoms with van der Waals surface area (Å²) in [4.78, 5) is 21.9. The third-order valence-electron chi connectivity index (χ3n) is 2.15. The lowest BCUT2D eigenvalue weighted by molar-refractivity contribution is -0.140. The fourth-order valence-corrected chi connectivity index (χ4v) is 1.31. The number of amides is 2. The molecule has 6 nitrogen and oxygen atoms in total. The molecule has 1 unspecified atom stereocenters. The first kappa shape index (κ1) is 14.3. The maximum atomic E-state index is 11.3. The minimum atomic E-state index is -1.31. The van der Waals surface area contributed by atoms with Gasteiger partial charge in [0.2, 0.25) is 0 Å². The number of aliphatic hydroxyl groups is 1. The maximum absolute atomic E-state index is 11.3.